The standard InChI is InChI=1S/C18H23N3O3.ClH/c1-23-13-18(7-9-19-10-8-18)12-20-17(22)15-11-16(24-21-15)14-5-3-2-4-6-14;/h2-6,11,19H,7-10,12-13H2,1H3,(H,20,22);1H. The van der Waals surface area contributed by atoms with Crippen molar-refractivity contribution in [2.45, 2.75) is 12.8 Å². The molecule has 1 saturated heterocycles. The monoisotopic (exact) mass is 365 g/mol. The van der Waals surface area contributed by atoms with Crippen molar-refractivity contribution in [3.05, 3.63) is 42.1 Å². The highest BCUT2D eigenvalue weighted by Gasteiger charge is 2.32. The molecule has 0 spiro atoms. The van der Waals surface area contributed by atoms with E-state index >= 15 is 0 Å². The fourth-order valence-electron chi connectivity index (χ4n) is 3.11. The maximum Gasteiger partial charge on any atom is 0.273 e. The summed E-state index contributed by atoms with van der Waals surface area (Å²) in [5.41, 5.74) is 1.19. The molecule has 0 saturated carbocycles. The van der Waals surface area contributed by atoms with E-state index < -0.39 is 0 Å². The van der Waals surface area contributed by atoms with Crippen LogP contribution in [0, 0.1) is 5.41 Å². The van der Waals surface area contributed by atoms with E-state index in [4.69, 9.17) is 9.26 Å². The molecule has 0 aliphatic carbocycles. The lowest BCUT2D eigenvalue weighted by Gasteiger charge is -2.37. The van der Waals surface area contributed by atoms with Crippen molar-refractivity contribution in [2.24, 2.45) is 5.41 Å². The van der Waals surface area contributed by atoms with Crippen LogP contribution in [0.15, 0.2) is 40.9 Å². The first-order chi connectivity index (χ1) is 11.7. The Morgan fingerprint density at radius 3 is 2.72 bits per heavy atom. The summed E-state index contributed by atoms with van der Waals surface area (Å²) in [6.07, 6.45) is 1.96. The van der Waals surface area contributed by atoms with E-state index in [1.165, 1.54) is 0 Å². The van der Waals surface area contributed by atoms with E-state index in [0.717, 1.165) is 31.5 Å². The van der Waals surface area contributed by atoms with Gasteiger partial charge in [-0.3, -0.25) is 4.79 Å². The summed E-state index contributed by atoms with van der Waals surface area (Å²) < 4.78 is 10.7. The molecule has 1 amide bonds. The zero-order valence-electron chi connectivity index (χ0n) is 14.3. The van der Waals surface area contributed by atoms with Crippen LogP contribution in [0.1, 0.15) is 23.3 Å². The number of rotatable bonds is 6. The van der Waals surface area contributed by atoms with E-state index in [9.17, 15) is 4.79 Å². The first-order valence-corrected chi connectivity index (χ1v) is 8.22. The fraction of sp³-hybridized carbons (Fsp3) is 0.444. The Morgan fingerprint density at radius 1 is 1.32 bits per heavy atom. The third-order valence-electron chi connectivity index (χ3n) is 4.54. The molecular weight excluding hydrogens is 342 g/mol. The summed E-state index contributed by atoms with van der Waals surface area (Å²) in [7, 11) is 1.70. The van der Waals surface area contributed by atoms with Gasteiger partial charge >= 0.3 is 0 Å². The summed E-state index contributed by atoms with van der Waals surface area (Å²) in [5.74, 6) is 0.379. The lowest BCUT2D eigenvalue weighted by atomic mass is 9.79. The predicted octanol–water partition coefficient (Wildman–Crippen LogP) is 2.51. The van der Waals surface area contributed by atoms with Crippen molar-refractivity contribution in [1.82, 2.24) is 15.8 Å². The molecule has 136 valence electrons. The molecule has 1 aliphatic rings. The van der Waals surface area contributed by atoms with Gasteiger partial charge in [0, 0.05) is 30.7 Å². The highest BCUT2D eigenvalue weighted by Crippen LogP contribution is 2.28. The predicted molar refractivity (Wildman–Crippen MR) is 97.9 cm³/mol. The molecule has 1 aromatic carbocycles. The largest absolute Gasteiger partial charge is 0.384 e. The van der Waals surface area contributed by atoms with Gasteiger partial charge in [-0.25, -0.2) is 0 Å². The van der Waals surface area contributed by atoms with Crippen LogP contribution in [-0.2, 0) is 4.74 Å². The number of ether oxygens (including phenoxy) is 1. The quantitative estimate of drug-likeness (QED) is 0.822. The number of piperidine rings is 1. The Kier molecular flexibility index (Phi) is 6.99. The van der Waals surface area contributed by atoms with Gasteiger partial charge in [-0.05, 0) is 25.9 Å². The fourth-order valence-corrected chi connectivity index (χ4v) is 3.11. The van der Waals surface area contributed by atoms with E-state index in [0.29, 0.717) is 24.6 Å². The number of nitrogens with zero attached hydrogens (tertiary/aromatic N) is 1. The maximum atomic E-state index is 12.4. The van der Waals surface area contributed by atoms with Gasteiger partial charge in [0.15, 0.2) is 11.5 Å². The Morgan fingerprint density at radius 2 is 2.04 bits per heavy atom. The molecule has 0 atom stereocenters. The average molecular weight is 366 g/mol. The lowest BCUT2D eigenvalue weighted by molar-refractivity contribution is 0.0510. The van der Waals surface area contributed by atoms with Gasteiger partial charge in [0.2, 0.25) is 0 Å². The number of carbonyl (C=O) groups excluding carboxylic acids is 1. The molecule has 7 heteroatoms. The number of benzene rings is 1. The van der Waals surface area contributed by atoms with E-state index in [-0.39, 0.29) is 23.7 Å². The Balaban J connectivity index is 0.00000225. The number of nitrogens with one attached hydrogen (secondary N) is 2. The third kappa shape index (κ3) is 4.81. The van der Waals surface area contributed by atoms with Crippen molar-refractivity contribution in [3.63, 3.8) is 0 Å². The molecule has 2 aromatic rings. The van der Waals surface area contributed by atoms with Crippen molar-refractivity contribution in [2.75, 3.05) is 33.4 Å². The number of methoxy groups -OCH3 is 1. The van der Waals surface area contributed by atoms with Crippen molar-refractivity contribution in [3.8, 4) is 11.3 Å². The number of hydrogen-bond donors (Lipinski definition) is 2. The van der Waals surface area contributed by atoms with E-state index in [2.05, 4.69) is 15.8 Å². The summed E-state index contributed by atoms with van der Waals surface area (Å²) in [4.78, 5) is 12.4. The molecule has 25 heavy (non-hydrogen) atoms. The number of amides is 1. The summed E-state index contributed by atoms with van der Waals surface area (Å²) >= 11 is 0. The number of carbonyl (C=O) groups is 1. The third-order valence-corrected chi connectivity index (χ3v) is 4.54. The van der Waals surface area contributed by atoms with E-state index in [1.807, 2.05) is 30.3 Å². The highest BCUT2D eigenvalue weighted by molar-refractivity contribution is 5.93. The molecule has 1 aliphatic heterocycles. The maximum absolute atomic E-state index is 12.4. The molecule has 0 unspecified atom stereocenters. The number of aromatic nitrogens is 1. The summed E-state index contributed by atoms with van der Waals surface area (Å²) in [6, 6.07) is 11.3. The van der Waals surface area contributed by atoms with Crippen LogP contribution < -0.4 is 10.6 Å². The molecule has 2 heterocycles. The Labute approximate surface area is 153 Å². The van der Waals surface area contributed by atoms with Gasteiger partial charge in [0.05, 0.1) is 6.61 Å². The van der Waals surface area contributed by atoms with Crippen LogP contribution in [-0.4, -0.2) is 44.4 Å². The summed E-state index contributed by atoms with van der Waals surface area (Å²) in [5, 5.41) is 10.2. The van der Waals surface area contributed by atoms with Crippen LogP contribution in [0.2, 0.25) is 0 Å². The van der Waals surface area contributed by atoms with Crippen molar-refractivity contribution >= 4 is 18.3 Å². The zero-order chi connectivity index (χ0) is 16.8. The van der Waals surface area contributed by atoms with Gasteiger partial charge in [0.25, 0.3) is 5.91 Å². The molecular formula is C18H24ClN3O3. The smallest absolute Gasteiger partial charge is 0.273 e. The molecule has 2 N–H and O–H groups in total. The van der Waals surface area contributed by atoms with Gasteiger partial charge in [-0.2, -0.15) is 0 Å². The van der Waals surface area contributed by atoms with Crippen LogP contribution in [0.3, 0.4) is 0 Å². The topological polar surface area (TPSA) is 76.4 Å². The second-order valence-electron chi connectivity index (χ2n) is 6.31. The van der Waals surface area contributed by atoms with Gasteiger partial charge in [-0.1, -0.05) is 35.5 Å². The van der Waals surface area contributed by atoms with Gasteiger partial charge in [-0.15, -0.1) is 12.4 Å². The number of halogens is 1. The van der Waals surface area contributed by atoms with Crippen LogP contribution in [0.5, 0.6) is 0 Å². The molecule has 1 fully saturated rings. The molecule has 3 rings (SSSR count). The van der Waals surface area contributed by atoms with Gasteiger partial charge in [0.1, 0.15) is 0 Å². The lowest BCUT2D eigenvalue weighted by Crippen LogP contribution is -2.47. The Hall–Kier alpha value is -1.89. The normalized spacial score (nSPS) is 16.0. The average Bonchev–Trinajstić information content (AvgIpc) is 3.12. The van der Waals surface area contributed by atoms with Crippen LogP contribution in [0.25, 0.3) is 11.3 Å². The highest BCUT2D eigenvalue weighted by atomic mass is 35.5. The zero-order valence-corrected chi connectivity index (χ0v) is 15.1. The molecule has 0 radical (unpaired) electrons. The van der Waals surface area contributed by atoms with E-state index in [1.54, 1.807) is 13.2 Å². The first-order valence-electron chi connectivity index (χ1n) is 8.22. The molecule has 6 nitrogen and oxygen atoms in total. The SMILES string of the molecule is COCC1(CNC(=O)c2cc(-c3ccccc3)on2)CCNCC1.Cl. The summed E-state index contributed by atoms with van der Waals surface area (Å²) in [6.45, 7) is 3.11. The molecule has 0 bridgehead atoms. The minimum atomic E-state index is -0.213. The second kappa shape index (κ2) is 8.99. The van der Waals surface area contributed by atoms with Gasteiger partial charge < -0.3 is 19.9 Å². The minimum absolute atomic E-state index is 0. The van der Waals surface area contributed by atoms with Crippen molar-refractivity contribution in [1.29, 1.82) is 0 Å². The van der Waals surface area contributed by atoms with Crippen LogP contribution >= 0.6 is 12.4 Å². The Bertz CT molecular complexity index is 664. The minimum Gasteiger partial charge on any atom is -0.384 e. The number of hydrogen-bond acceptors (Lipinski definition) is 5. The van der Waals surface area contributed by atoms with Crippen LogP contribution in [0.4, 0.5) is 0 Å². The molecule has 1 aromatic heterocycles. The van der Waals surface area contributed by atoms with Crippen molar-refractivity contribution < 1.29 is 14.1 Å². The second-order valence-corrected chi connectivity index (χ2v) is 6.31. The first kappa shape index (κ1) is 19.4.